The standard InChI is InChI=1S/C13H15F3N2O5S/c14-13(15,16)9-3-1-4-10(7-9)24(22,23)18-6-2-5-11(19)17-8-12(20)21/h1,3-4,7,18H,2,5-6,8H2,(H,17,19)(H,20,21). The number of carboxylic acid groups (broad SMARTS) is 1. The Hall–Kier alpha value is -2.14. The third-order valence-corrected chi connectivity index (χ3v) is 4.24. The van der Waals surface area contributed by atoms with Gasteiger partial charge in [0.2, 0.25) is 15.9 Å². The van der Waals surface area contributed by atoms with Crippen LogP contribution >= 0.6 is 0 Å². The summed E-state index contributed by atoms with van der Waals surface area (Å²) in [7, 11) is -4.14. The Balaban J connectivity index is 2.56. The molecule has 1 rings (SSSR count). The van der Waals surface area contributed by atoms with Crippen molar-refractivity contribution in [3.8, 4) is 0 Å². The highest BCUT2D eigenvalue weighted by Crippen LogP contribution is 2.30. The van der Waals surface area contributed by atoms with E-state index >= 15 is 0 Å². The molecule has 0 saturated heterocycles. The molecule has 0 fully saturated rings. The summed E-state index contributed by atoms with van der Waals surface area (Å²) in [6.07, 6.45) is -4.73. The van der Waals surface area contributed by atoms with Crippen LogP contribution in [-0.4, -0.2) is 38.5 Å². The van der Waals surface area contributed by atoms with E-state index in [1.165, 1.54) is 0 Å². The van der Waals surface area contributed by atoms with E-state index in [1.807, 2.05) is 0 Å². The highest BCUT2D eigenvalue weighted by molar-refractivity contribution is 7.89. The summed E-state index contributed by atoms with van der Waals surface area (Å²) in [4.78, 5) is 20.9. The summed E-state index contributed by atoms with van der Waals surface area (Å²) in [6, 6.07) is 3.28. The predicted octanol–water partition coefficient (Wildman–Crippen LogP) is 0.965. The predicted molar refractivity (Wildman–Crippen MR) is 76.5 cm³/mol. The zero-order valence-corrected chi connectivity index (χ0v) is 13.1. The maximum Gasteiger partial charge on any atom is 0.416 e. The minimum absolute atomic E-state index is 0.0592. The van der Waals surface area contributed by atoms with Crippen LogP contribution in [0.4, 0.5) is 13.2 Å². The number of halogens is 3. The van der Waals surface area contributed by atoms with Crippen LogP contribution in [0.25, 0.3) is 0 Å². The molecule has 134 valence electrons. The number of carbonyl (C=O) groups excluding carboxylic acids is 1. The van der Waals surface area contributed by atoms with Gasteiger partial charge in [-0.2, -0.15) is 13.2 Å². The van der Waals surface area contributed by atoms with Crippen LogP contribution in [0, 0.1) is 0 Å². The molecule has 7 nitrogen and oxygen atoms in total. The average Bonchev–Trinajstić information content (AvgIpc) is 2.49. The summed E-state index contributed by atoms with van der Waals surface area (Å²) in [5, 5.41) is 10.5. The number of sulfonamides is 1. The molecule has 0 spiro atoms. The number of amides is 1. The lowest BCUT2D eigenvalue weighted by Gasteiger charge is -2.10. The SMILES string of the molecule is O=C(O)CNC(=O)CCCNS(=O)(=O)c1cccc(C(F)(F)F)c1. The maximum atomic E-state index is 12.6. The van der Waals surface area contributed by atoms with E-state index in [9.17, 15) is 31.2 Å². The maximum absolute atomic E-state index is 12.6. The highest BCUT2D eigenvalue weighted by atomic mass is 32.2. The summed E-state index contributed by atoms with van der Waals surface area (Å²) in [5.74, 6) is -1.79. The number of aliphatic carboxylic acids is 1. The van der Waals surface area contributed by atoms with Gasteiger partial charge >= 0.3 is 12.1 Å². The number of nitrogens with one attached hydrogen (secondary N) is 2. The molecule has 1 aromatic rings. The van der Waals surface area contributed by atoms with E-state index < -0.39 is 45.1 Å². The number of benzene rings is 1. The van der Waals surface area contributed by atoms with Crippen molar-refractivity contribution in [2.45, 2.75) is 23.9 Å². The van der Waals surface area contributed by atoms with E-state index in [0.717, 1.165) is 18.2 Å². The van der Waals surface area contributed by atoms with E-state index in [0.29, 0.717) is 6.07 Å². The van der Waals surface area contributed by atoms with E-state index in [-0.39, 0.29) is 19.4 Å². The largest absolute Gasteiger partial charge is 0.480 e. The minimum Gasteiger partial charge on any atom is -0.480 e. The fourth-order valence-corrected chi connectivity index (χ4v) is 2.76. The quantitative estimate of drug-likeness (QED) is 0.592. The van der Waals surface area contributed by atoms with Crippen LogP contribution < -0.4 is 10.0 Å². The molecule has 24 heavy (non-hydrogen) atoms. The monoisotopic (exact) mass is 368 g/mol. The van der Waals surface area contributed by atoms with Crippen LogP contribution in [0.3, 0.4) is 0 Å². The molecular formula is C13H15F3N2O5S. The van der Waals surface area contributed by atoms with Crippen molar-refractivity contribution in [2.75, 3.05) is 13.1 Å². The van der Waals surface area contributed by atoms with Crippen molar-refractivity contribution >= 4 is 21.9 Å². The fraction of sp³-hybridized carbons (Fsp3) is 0.385. The van der Waals surface area contributed by atoms with Gasteiger partial charge in [0, 0.05) is 13.0 Å². The van der Waals surface area contributed by atoms with Crippen LogP contribution in [-0.2, 0) is 25.8 Å². The molecule has 3 N–H and O–H groups in total. The minimum atomic E-state index is -4.66. The smallest absolute Gasteiger partial charge is 0.416 e. The van der Waals surface area contributed by atoms with Crippen molar-refractivity contribution in [3.05, 3.63) is 29.8 Å². The molecule has 0 aliphatic heterocycles. The van der Waals surface area contributed by atoms with Gasteiger partial charge < -0.3 is 10.4 Å². The van der Waals surface area contributed by atoms with E-state index in [1.54, 1.807) is 0 Å². The molecule has 0 aromatic heterocycles. The van der Waals surface area contributed by atoms with Gasteiger partial charge in [0.15, 0.2) is 0 Å². The summed E-state index contributed by atoms with van der Waals surface area (Å²) < 4.78 is 63.6. The Morgan fingerprint density at radius 3 is 2.46 bits per heavy atom. The Bertz CT molecular complexity index is 704. The van der Waals surface area contributed by atoms with Crippen LogP contribution in [0.1, 0.15) is 18.4 Å². The van der Waals surface area contributed by atoms with Crippen LogP contribution in [0.2, 0.25) is 0 Å². The van der Waals surface area contributed by atoms with Gasteiger partial charge in [0.25, 0.3) is 0 Å². The number of hydrogen-bond acceptors (Lipinski definition) is 4. The van der Waals surface area contributed by atoms with Gasteiger partial charge in [0.05, 0.1) is 10.5 Å². The number of hydrogen-bond donors (Lipinski definition) is 3. The van der Waals surface area contributed by atoms with E-state index in [4.69, 9.17) is 5.11 Å². The summed E-state index contributed by atoms with van der Waals surface area (Å²) >= 11 is 0. The number of alkyl halides is 3. The molecule has 0 radical (unpaired) electrons. The number of carbonyl (C=O) groups is 2. The lowest BCUT2D eigenvalue weighted by Crippen LogP contribution is -2.30. The van der Waals surface area contributed by atoms with Crippen molar-refractivity contribution < 1.29 is 36.3 Å². The Kier molecular flexibility index (Phi) is 6.72. The number of rotatable bonds is 8. The lowest BCUT2D eigenvalue weighted by molar-refractivity contribution is -0.138. The van der Waals surface area contributed by atoms with E-state index in [2.05, 4.69) is 10.0 Å². The third kappa shape index (κ3) is 6.54. The lowest BCUT2D eigenvalue weighted by atomic mass is 10.2. The Labute approximate surface area is 135 Å². The molecular weight excluding hydrogens is 353 g/mol. The molecule has 0 bridgehead atoms. The molecule has 0 heterocycles. The van der Waals surface area contributed by atoms with Gasteiger partial charge in [-0.25, -0.2) is 13.1 Å². The van der Waals surface area contributed by atoms with Gasteiger partial charge in [-0.1, -0.05) is 6.07 Å². The second kappa shape index (κ2) is 8.11. The topological polar surface area (TPSA) is 113 Å². The first-order valence-corrected chi connectivity index (χ1v) is 8.16. The molecule has 0 aliphatic rings. The molecule has 0 atom stereocenters. The molecule has 0 unspecified atom stereocenters. The second-order valence-corrected chi connectivity index (χ2v) is 6.46. The molecule has 11 heteroatoms. The highest BCUT2D eigenvalue weighted by Gasteiger charge is 2.31. The first-order chi connectivity index (χ1) is 11.0. The van der Waals surface area contributed by atoms with Crippen molar-refractivity contribution in [1.82, 2.24) is 10.0 Å². The van der Waals surface area contributed by atoms with Crippen molar-refractivity contribution in [2.24, 2.45) is 0 Å². The molecule has 0 saturated carbocycles. The Morgan fingerprint density at radius 2 is 1.88 bits per heavy atom. The zero-order valence-electron chi connectivity index (χ0n) is 12.3. The first kappa shape index (κ1) is 19.9. The van der Waals surface area contributed by atoms with Gasteiger partial charge in [-0.15, -0.1) is 0 Å². The van der Waals surface area contributed by atoms with Gasteiger partial charge in [-0.3, -0.25) is 9.59 Å². The van der Waals surface area contributed by atoms with Crippen molar-refractivity contribution in [1.29, 1.82) is 0 Å². The van der Waals surface area contributed by atoms with Crippen LogP contribution in [0.5, 0.6) is 0 Å². The average molecular weight is 368 g/mol. The number of carboxylic acids is 1. The Morgan fingerprint density at radius 1 is 1.21 bits per heavy atom. The molecule has 1 amide bonds. The van der Waals surface area contributed by atoms with Crippen molar-refractivity contribution in [3.63, 3.8) is 0 Å². The normalized spacial score (nSPS) is 12.0. The zero-order chi connectivity index (χ0) is 18.4. The van der Waals surface area contributed by atoms with Gasteiger partial charge in [0.1, 0.15) is 6.54 Å². The third-order valence-electron chi connectivity index (χ3n) is 2.78. The fourth-order valence-electron chi connectivity index (χ4n) is 1.64. The van der Waals surface area contributed by atoms with Gasteiger partial charge in [-0.05, 0) is 24.6 Å². The van der Waals surface area contributed by atoms with Crippen LogP contribution in [0.15, 0.2) is 29.2 Å². The first-order valence-electron chi connectivity index (χ1n) is 6.68. The molecule has 0 aliphatic carbocycles. The summed E-state index contributed by atoms with van der Waals surface area (Å²) in [6.45, 7) is -0.728. The summed E-state index contributed by atoms with van der Waals surface area (Å²) in [5.41, 5.74) is -1.08. The second-order valence-electron chi connectivity index (χ2n) is 4.70. The molecule has 1 aromatic carbocycles.